The zero-order chi connectivity index (χ0) is 18.6. The summed E-state index contributed by atoms with van der Waals surface area (Å²) in [6.07, 6.45) is 0. The minimum atomic E-state index is -3.56. The molecule has 0 unspecified atom stereocenters. The Kier molecular flexibility index (Phi) is 5.60. The summed E-state index contributed by atoms with van der Waals surface area (Å²) >= 11 is 0. The highest BCUT2D eigenvalue weighted by Crippen LogP contribution is 2.22. The fourth-order valence-electron chi connectivity index (χ4n) is 2.44. The summed E-state index contributed by atoms with van der Waals surface area (Å²) in [5.41, 5.74) is 1.48. The van der Waals surface area contributed by atoms with E-state index in [-0.39, 0.29) is 22.9 Å². The van der Waals surface area contributed by atoms with Gasteiger partial charge in [0, 0.05) is 13.6 Å². The molecule has 0 fully saturated rings. The number of hydrogen-bond acceptors (Lipinski definition) is 4. The highest BCUT2D eigenvalue weighted by molar-refractivity contribution is 7.92. The molecular formula is C19H20N2O3S. The predicted molar refractivity (Wildman–Crippen MR) is 95.7 cm³/mol. The highest BCUT2D eigenvalue weighted by atomic mass is 32.2. The van der Waals surface area contributed by atoms with E-state index < -0.39 is 15.1 Å². The molecule has 0 spiro atoms. The molecule has 1 amide bonds. The van der Waals surface area contributed by atoms with Crippen molar-refractivity contribution < 1.29 is 13.2 Å². The van der Waals surface area contributed by atoms with Crippen LogP contribution in [-0.4, -0.2) is 31.5 Å². The molecule has 25 heavy (non-hydrogen) atoms. The molecule has 0 aliphatic carbocycles. The fraction of sp³-hybridized carbons (Fsp3) is 0.263. The number of sulfone groups is 1. The van der Waals surface area contributed by atoms with E-state index in [1.54, 1.807) is 51.2 Å². The number of carbonyl (C=O) groups is 1. The van der Waals surface area contributed by atoms with Crippen LogP contribution in [0.5, 0.6) is 0 Å². The first-order valence-electron chi connectivity index (χ1n) is 7.84. The summed E-state index contributed by atoms with van der Waals surface area (Å²) in [4.78, 5) is 14.3. The molecule has 0 saturated heterocycles. The molecule has 0 aliphatic rings. The van der Waals surface area contributed by atoms with E-state index in [9.17, 15) is 13.2 Å². The van der Waals surface area contributed by atoms with Gasteiger partial charge in [0.05, 0.1) is 27.3 Å². The number of carbonyl (C=O) groups excluding carboxylic acids is 1. The van der Waals surface area contributed by atoms with E-state index in [2.05, 4.69) is 6.07 Å². The third-order valence-electron chi connectivity index (χ3n) is 3.87. The first-order valence-corrected chi connectivity index (χ1v) is 9.39. The van der Waals surface area contributed by atoms with E-state index in [0.717, 1.165) is 5.56 Å². The lowest BCUT2D eigenvalue weighted by atomic mass is 10.1. The van der Waals surface area contributed by atoms with Crippen molar-refractivity contribution in [3.8, 4) is 6.07 Å². The van der Waals surface area contributed by atoms with E-state index in [1.807, 2.05) is 6.07 Å². The van der Waals surface area contributed by atoms with E-state index in [0.29, 0.717) is 5.56 Å². The number of hydrogen-bond donors (Lipinski definition) is 0. The van der Waals surface area contributed by atoms with Gasteiger partial charge in [-0.3, -0.25) is 4.79 Å². The maximum absolute atomic E-state index is 12.8. The van der Waals surface area contributed by atoms with Gasteiger partial charge < -0.3 is 4.90 Å². The van der Waals surface area contributed by atoms with Crippen LogP contribution in [-0.2, 0) is 16.4 Å². The molecule has 0 aliphatic heterocycles. The molecule has 2 aromatic carbocycles. The Morgan fingerprint density at radius 1 is 1.16 bits per heavy atom. The second-order valence-corrected chi connectivity index (χ2v) is 8.54. The van der Waals surface area contributed by atoms with Crippen LogP contribution >= 0.6 is 0 Å². The average Bonchev–Trinajstić information content (AvgIpc) is 2.61. The summed E-state index contributed by atoms with van der Waals surface area (Å²) in [7, 11) is -1.95. The molecule has 5 nitrogen and oxygen atoms in total. The Hall–Kier alpha value is -2.65. The van der Waals surface area contributed by atoms with Crippen LogP contribution in [0, 0.1) is 11.3 Å². The minimum absolute atomic E-state index is 0.0487. The van der Waals surface area contributed by atoms with Crippen LogP contribution in [0.2, 0.25) is 0 Å². The molecule has 0 atom stereocenters. The van der Waals surface area contributed by atoms with Crippen molar-refractivity contribution in [3.63, 3.8) is 0 Å². The Balaban J connectivity index is 2.33. The number of rotatable bonds is 5. The quantitative estimate of drug-likeness (QED) is 0.825. The Bertz CT molecular complexity index is 928. The highest BCUT2D eigenvalue weighted by Gasteiger charge is 2.26. The van der Waals surface area contributed by atoms with Gasteiger partial charge in [0.25, 0.3) is 5.91 Å². The van der Waals surface area contributed by atoms with Crippen molar-refractivity contribution in [2.75, 3.05) is 7.05 Å². The normalized spacial score (nSPS) is 11.2. The van der Waals surface area contributed by atoms with Gasteiger partial charge in [-0.05, 0) is 43.7 Å². The Morgan fingerprint density at radius 2 is 1.84 bits per heavy atom. The topological polar surface area (TPSA) is 78.2 Å². The Morgan fingerprint density at radius 3 is 2.48 bits per heavy atom. The third kappa shape index (κ3) is 4.06. The van der Waals surface area contributed by atoms with Crippen molar-refractivity contribution in [2.45, 2.75) is 30.5 Å². The molecular weight excluding hydrogens is 336 g/mol. The van der Waals surface area contributed by atoms with Gasteiger partial charge in [0.15, 0.2) is 9.84 Å². The monoisotopic (exact) mass is 356 g/mol. The summed E-state index contributed by atoms with van der Waals surface area (Å²) in [5, 5.41) is 8.35. The van der Waals surface area contributed by atoms with Gasteiger partial charge in [0.1, 0.15) is 0 Å². The van der Waals surface area contributed by atoms with E-state index in [4.69, 9.17) is 5.26 Å². The van der Waals surface area contributed by atoms with Gasteiger partial charge in [-0.15, -0.1) is 0 Å². The van der Waals surface area contributed by atoms with Crippen molar-refractivity contribution in [1.29, 1.82) is 5.26 Å². The number of benzene rings is 2. The second kappa shape index (κ2) is 7.49. The number of amides is 1. The molecule has 130 valence electrons. The van der Waals surface area contributed by atoms with Crippen LogP contribution in [0.15, 0.2) is 53.4 Å². The lowest BCUT2D eigenvalue weighted by Crippen LogP contribution is -2.28. The van der Waals surface area contributed by atoms with Crippen LogP contribution < -0.4 is 0 Å². The first kappa shape index (κ1) is 18.7. The SMILES string of the molecule is CC(C)S(=O)(=O)c1ccccc1C(=O)N(C)Cc1cccc(C#N)c1. The van der Waals surface area contributed by atoms with Gasteiger partial charge in [-0.2, -0.15) is 5.26 Å². The molecule has 0 saturated carbocycles. The Labute approximate surface area is 148 Å². The number of nitrogens with zero attached hydrogens (tertiary/aromatic N) is 2. The van der Waals surface area contributed by atoms with Gasteiger partial charge in [0.2, 0.25) is 0 Å². The molecule has 0 aromatic heterocycles. The molecule has 0 bridgehead atoms. The van der Waals surface area contributed by atoms with Crippen LogP contribution in [0.4, 0.5) is 0 Å². The number of nitriles is 1. The van der Waals surface area contributed by atoms with Crippen molar-refractivity contribution in [1.82, 2.24) is 4.90 Å². The summed E-state index contributed by atoms with van der Waals surface area (Å²) in [6.45, 7) is 3.46. The minimum Gasteiger partial charge on any atom is -0.337 e. The standard InChI is InChI=1S/C19H20N2O3S/c1-14(2)25(23,24)18-10-5-4-9-17(18)19(22)21(3)13-16-8-6-7-15(11-16)12-20/h4-11,14H,13H2,1-3H3. The van der Waals surface area contributed by atoms with Gasteiger partial charge in [-0.25, -0.2) is 8.42 Å². The zero-order valence-corrected chi connectivity index (χ0v) is 15.2. The van der Waals surface area contributed by atoms with E-state index in [1.165, 1.54) is 17.0 Å². The van der Waals surface area contributed by atoms with Crippen molar-refractivity contribution in [3.05, 3.63) is 65.2 Å². The van der Waals surface area contributed by atoms with Crippen LogP contribution in [0.1, 0.15) is 35.3 Å². The third-order valence-corrected chi connectivity index (χ3v) is 6.08. The summed E-state index contributed by atoms with van der Waals surface area (Å²) < 4.78 is 25.0. The van der Waals surface area contributed by atoms with Gasteiger partial charge >= 0.3 is 0 Å². The molecule has 0 radical (unpaired) electrons. The van der Waals surface area contributed by atoms with Crippen LogP contribution in [0.25, 0.3) is 0 Å². The molecule has 0 N–H and O–H groups in total. The van der Waals surface area contributed by atoms with E-state index >= 15 is 0 Å². The van der Waals surface area contributed by atoms with Crippen molar-refractivity contribution in [2.24, 2.45) is 0 Å². The van der Waals surface area contributed by atoms with Gasteiger partial charge in [-0.1, -0.05) is 24.3 Å². The maximum Gasteiger partial charge on any atom is 0.255 e. The van der Waals surface area contributed by atoms with Crippen molar-refractivity contribution >= 4 is 15.7 Å². The maximum atomic E-state index is 12.8. The average molecular weight is 356 g/mol. The first-order chi connectivity index (χ1) is 11.8. The molecule has 6 heteroatoms. The predicted octanol–water partition coefficient (Wildman–Crippen LogP) is 3.01. The summed E-state index contributed by atoms with van der Waals surface area (Å²) in [6, 6.07) is 15.3. The zero-order valence-electron chi connectivity index (χ0n) is 14.4. The second-order valence-electron chi connectivity index (χ2n) is 6.06. The molecule has 2 aromatic rings. The largest absolute Gasteiger partial charge is 0.337 e. The summed E-state index contributed by atoms with van der Waals surface area (Å²) in [5.74, 6) is -0.373. The molecule has 0 heterocycles. The van der Waals surface area contributed by atoms with Crippen LogP contribution in [0.3, 0.4) is 0 Å². The lowest BCUT2D eigenvalue weighted by Gasteiger charge is -2.20. The fourth-order valence-corrected chi connectivity index (χ4v) is 3.67. The lowest BCUT2D eigenvalue weighted by molar-refractivity contribution is 0.0781. The molecule has 2 rings (SSSR count). The smallest absolute Gasteiger partial charge is 0.255 e.